The molecule has 104 valence electrons. The molecule has 0 saturated carbocycles. The normalized spacial score (nSPS) is 10.3. The van der Waals surface area contributed by atoms with Crippen LogP contribution in [0.2, 0.25) is 0 Å². The van der Waals surface area contributed by atoms with Gasteiger partial charge in [-0.05, 0) is 25.1 Å². The lowest BCUT2D eigenvalue weighted by atomic mass is 10.2. The van der Waals surface area contributed by atoms with E-state index < -0.39 is 5.91 Å². The third-order valence-corrected chi connectivity index (χ3v) is 2.80. The van der Waals surface area contributed by atoms with Gasteiger partial charge >= 0.3 is 0 Å². The van der Waals surface area contributed by atoms with Crippen molar-refractivity contribution in [3.8, 4) is 0 Å². The zero-order valence-corrected chi connectivity index (χ0v) is 11.3. The highest BCUT2D eigenvalue weighted by Crippen LogP contribution is 2.17. The van der Waals surface area contributed by atoms with Crippen LogP contribution in [0, 0.1) is 6.92 Å². The molecule has 2 aromatic rings. The first-order valence-corrected chi connectivity index (χ1v) is 6.17. The van der Waals surface area contributed by atoms with Gasteiger partial charge in [0.2, 0.25) is 0 Å². The Morgan fingerprint density at radius 3 is 2.65 bits per heavy atom. The van der Waals surface area contributed by atoms with Crippen LogP contribution in [0.3, 0.4) is 0 Å². The Labute approximate surface area is 116 Å². The molecule has 0 unspecified atom stereocenters. The van der Waals surface area contributed by atoms with Gasteiger partial charge in [-0.2, -0.15) is 0 Å². The number of furan rings is 1. The van der Waals surface area contributed by atoms with Crippen molar-refractivity contribution in [2.24, 2.45) is 5.73 Å². The van der Waals surface area contributed by atoms with Crippen molar-refractivity contribution in [3.63, 3.8) is 0 Å². The van der Waals surface area contributed by atoms with Gasteiger partial charge in [-0.15, -0.1) is 0 Å². The lowest BCUT2D eigenvalue weighted by Crippen LogP contribution is -2.15. The largest absolute Gasteiger partial charge is 0.456 e. The summed E-state index contributed by atoms with van der Waals surface area (Å²) in [4.78, 5) is 26.8. The van der Waals surface area contributed by atoms with Crippen molar-refractivity contribution < 1.29 is 14.0 Å². The fraction of sp³-hybridized carbons (Fsp3) is 0.214. The van der Waals surface area contributed by atoms with Crippen LogP contribution in [0.1, 0.15) is 39.3 Å². The number of amides is 2. The molecule has 2 rings (SSSR count). The van der Waals surface area contributed by atoms with Crippen molar-refractivity contribution in [3.05, 3.63) is 47.2 Å². The van der Waals surface area contributed by atoms with Gasteiger partial charge in [0.15, 0.2) is 5.76 Å². The molecule has 0 radical (unpaired) electrons. The monoisotopic (exact) mass is 273 g/mol. The summed E-state index contributed by atoms with van der Waals surface area (Å²) in [5.74, 6) is 0.0730. The van der Waals surface area contributed by atoms with Gasteiger partial charge < -0.3 is 15.5 Å². The summed E-state index contributed by atoms with van der Waals surface area (Å²) in [5.41, 5.74) is 6.48. The van der Waals surface area contributed by atoms with E-state index in [2.05, 4.69) is 10.3 Å². The molecule has 0 bridgehead atoms. The molecule has 3 N–H and O–H groups in total. The third-order valence-electron chi connectivity index (χ3n) is 2.80. The molecule has 0 fully saturated rings. The second kappa shape index (κ2) is 5.56. The Bertz CT molecular complexity index is 644. The van der Waals surface area contributed by atoms with Crippen LogP contribution in [0.4, 0.5) is 5.69 Å². The summed E-state index contributed by atoms with van der Waals surface area (Å²) in [7, 11) is 0. The minimum Gasteiger partial charge on any atom is -0.456 e. The van der Waals surface area contributed by atoms with E-state index in [4.69, 9.17) is 10.2 Å². The quantitative estimate of drug-likeness (QED) is 0.888. The van der Waals surface area contributed by atoms with E-state index in [1.54, 1.807) is 6.07 Å². The fourth-order valence-corrected chi connectivity index (χ4v) is 1.75. The van der Waals surface area contributed by atoms with Crippen LogP contribution < -0.4 is 11.1 Å². The second-order valence-electron chi connectivity index (χ2n) is 4.33. The van der Waals surface area contributed by atoms with E-state index in [-0.39, 0.29) is 17.4 Å². The van der Waals surface area contributed by atoms with Gasteiger partial charge in [-0.25, -0.2) is 4.98 Å². The Morgan fingerprint density at radius 2 is 2.15 bits per heavy atom. The lowest BCUT2D eigenvalue weighted by molar-refractivity contribution is 0.0988. The number of pyridine rings is 1. The van der Waals surface area contributed by atoms with Crippen molar-refractivity contribution in [1.29, 1.82) is 0 Å². The molecule has 2 amide bonds. The minimum absolute atomic E-state index is 0.144. The summed E-state index contributed by atoms with van der Waals surface area (Å²) in [6.07, 6.45) is 2.10. The molecule has 2 heterocycles. The zero-order chi connectivity index (χ0) is 14.7. The van der Waals surface area contributed by atoms with E-state index in [1.165, 1.54) is 12.3 Å². The Hall–Kier alpha value is -2.63. The van der Waals surface area contributed by atoms with E-state index >= 15 is 0 Å². The molecule has 0 aliphatic carbocycles. The van der Waals surface area contributed by atoms with Crippen LogP contribution in [-0.2, 0) is 6.42 Å². The molecule has 0 aliphatic rings. The summed E-state index contributed by atoms with van der Waals surface area (Å²) >= 11 is 0. The highest BCUT2D eigenvalue weighted by atomic mass is 16.4. The number of nitrogens with two attached hydrogens (primary N) is 1. The predicted molar refractivity (Wildman–Crippen MR) is 73.5 cm³/mol. The summed E-state index contributed by atoms with van der Waals surface area (Å²) < 4.78 is 5.45. The van der Waals surface area contributed by atoms with Gasteiger partial charge in [-0.1, -0.05) is 6.92 Å². The molecule has 6 nitrogen and oxygen atoms in total. The molecular weight excluding hydrogens is 258 g/mol. The number of hydrogen-bond acceptors (Lipinski definition) is 4. The number of rotatable bonds is 4. The van der Waals surface area contributed by atoms with Crippen LogP contribution in [0.25, 0.3) is 0 Å². The van der Waals surface area contributed by atoms with Gasteiger partial charge in [0, 0.05) is 12.0 Å². The highest BCUT2D eigenvalue weighted by Gasteiger charge is 2.15. The average molecular weight is 273 g/mol. The number of nitrogens with one attached hydrogen (secondary N) is 1. The number of aromatic nitrogens is 1. The molecule has 0 spiro atoms. The number of hydrogen-bond donors (Lipinski definition) is 2. The van der Waals surface area contributed by atoms with E-state index in [0.717, 1.165) is 17.7 Å². The Morgan fingerprint density at radius 1 is 1.40 bits per heavy atom. The summed E-state index contributed by atoms with van der Waals surface area (Å²) in [6.45, 7) is 3.76. The SMILES string of the molecule is CCc1cc(C)c(C(=O)Nc2ccc(C(N)=O)nc2)o1. The van der Waals surface area contributed by atoms with Crippen LogP contribution >= 0.6 is 0 Å². The maximum Gasteiger partial charge on any atom is 0.291 e. The van der Waals surface area contributed by atoms with Crippen LogP contribution in [0.5, 0.6) is 0 Å². The van der Waals surface area contributed by atoms with E-state index in [1.807, 2.05) is 19.9 Å². The first-order valence-electron chi connectivity index (χ1n) is 6.17. The molecular formula is C14H15N3O3. The molecule has 20 heavy (non-hydrogen) atoms. The predicted octanol–water partition coefficient (Wildman–Crippen LogP) is 1.90. The number of primary amides is 1. The Balaban J connectivity index is 2.14. The maximum atomic E-state index is 12.1. The maximum absolute atomic E-state index is 12.1. The van der Waals surface area contributed by atoms with Crippen molar-refractivity contribution >= 4 is 17.5 Å². The minimum atomic E-state index is -0.614. The van der Waals surface area contributed by atoms with E-state index in [9.17, 15) is 9.59 Å². The van der Waals surface area contributed by atoms with Crippen LogP contribution in [-0.4, -0.2) is 16.8 Å². The van der Waals surface area contributed by atoms with Crippen molar-refractivity contribution in [1.82, 2.24) is 4.98 Å². The van der Waals surface area contributed by atoms with Gasteiger partial charge in [-0.3, -0.25) is 9.59 Å². The molecule has 0 aromatic carbocycles. The van der Waals surface area contributed by atoms with Crippen molar-refractivity contribution in [2.75, 3.05) is 5.32 Å². The molecule has 0 aliphatic heterocycles. The molecule has 0 saturated heterocycles. The highest BCUT2D eigenvalue weighted by molar-refractivity contribution is 6.03. The molecule has 6 heteroatoms. The standard InChI is InChI=1S/C14H15N3O3/c1-3-10-6-8(2)12(20-10)14(19)17-9-4-5-11(13(15)18)16-7-9/h4-7H,3H2,1-2H3,(H2,15,18)(H,17,19). The number of aryl methyl sites for hydroxylation is 2. The van der Waals surface area contributed by atoms with Crippen molar-refractivity contribution in [2.45, 2.75) is 20.3 Å². The van der Waals surface area contributed by atoms with Crippen LogP contribution in [0.15, 0.2) is 28.8 Å². The first kappa shape index (κ1) is 13.8. The Kier molecular flexibility index (Phi) is 3.84. The van der Waals surface area contributed by atoms with Gasteiger partial charge in [0.1, 0.15) is 11.5 Å². The lowest BCUT2D eigenvalue weighted by Gasteiger charge is -2.04. The molecule has 2 aromatic heterocycles. The fourth-order valence-electron chi connectivity index (χ4n) is 1.75. The summed E-state index contributed by atoms with van der Waals surface area (Å²) in [5, 5.41) is 2.66. The number of carbonyl (C=O) groups is 2. The number of anilines is 1. The van der Waals surface area contributed by atoms with Gasteiger partial charge in [0.25, 0.3) is 11.8 Å². The average Bonchev–Trinajstić information content (AvgIpc) is 2.80. The van der Waals surface area contributed by atoms with E-state index in [0.29, 0.717) is 5.69 Å². The molecule has 0 atom stereocenters. The zero-order valence-electron chi connectivity index (χ0n) is 11.3. The number of nitrogens with zero attached hydrogens (tertiary/aromatic N) is 1. The second-order valence-corrected chi connectivity index (χ2v) is 4.33. The third kappa shape index (κ3) is 2.85. The smallest absolute Gasteiger partial charge is 0.291 e. The topological polar surface area (TPSA) is 98.2 Å². The summed E-state index contributed by atoms with van der Waals surface area (Å²) in [6, 6.07) is 4.85. The number of carbonyl (C=O) groups excluding carboxylic acids is 2. The van der Waals surface area contributed by atoms with Gasteiger partial charge in [0.05, 0.1) is 11.9 Å². The first-order chi connectivity index (χ1) is 9.51.